The molecular formula is C20H22N4O2S. The van der Waals surface area contributed by atoms with Gasteiger partial charge < -0.3 is 5.32 Å². The highest BCUT2D eigenvalue weighted by atomic mass is 32.2. The van der Waals surface area contributed by atoms with Crippen molar-refractivity contribution in [2.24, 2.45) is 0 Å². The second-order valence-electron chi connectivity index (χ2n) is 6.30. The number of nitrogens with zero attached hydrogens (tertiary/aromatic N) is 2. The SMILES string of the molecule is Cc1ccc(Nc2ccc(NS(=O)(=O)CCCc3ccccc3)nn2)cc1. The minimum Gasteiger partial charge on any atom is -0.339 e. The molecule has 0 spiro atoms. The fraction of sp³-hybridized carbons (Fsp3) is 0.200. The van der Waals surface area contributed by atoms with E-state index in [1.807, 2.05) is 61.5 Å². The van der Waals surface area contributed by atoms with Gasteiger partial charge in [0.2, 0.25) is 10.0 Å². The van der Waals surface area contributed by atoms with Crippen LogP contribution in [-0.2, 0) is 16.4 Å². The summed E-state index contributed by atoms with van der Waals surface area (Å²) in [6, 6.07) is 21.0. The van der Waals surface area contributed by atoms with Gasteiger partial charge >= 0.3 is 0 Å². The Morgan fingerprint density at radius 3 is 2.19 bits per heavy atom. The summed E-state index contributed by atoms with van der Waals surface area (Å²) < 4.78 is 26.9. The Bertz CT molecular complexity index is 957. The third-order valence-corrected chi connectivity index (χ3v) is 5.32. The average molecular weight is 382 g/mol. The molecule has 0 aliphatic rings. The molecule has 1 heterocycles. The maximum Gasteiger partial charge on any atom is 0.233 e. The molecule has 3 rings (SSSR count). The lowest BCUT2D eigenvalue weighted by atomic mass is 10.1. The fourth-order valence-electron chi connectivity index (χ4n) is 2.56. The van der Waals surface area contributed by atoms with Gasteiger partial charge in [0.15, 0.2) is 11.6 Å². The summed E-state index contributed by atoms with van der Waals surface area (Å²) in [6.07, 6.45) is 1.26. The van der Waals surface area contributed by atoms with Crippen LogP contribution in [0.2, 0.25) is 0 Å². The van der Waals surface area contributed by atoms with Crippen LogP contribution in [0.25, 0.3) is 0 Å². The molecule has 0 atom stereocenters. The lowest BCUT2D eigenvalue weighted by molar-refractivity contribution is 0.598. The van der Waals surface area contributed by atoms with Crippen molar-refractivity contribution in [2.45, 2.75) is 19.8 Å². The first-order chi connectivity index (χ1) is 13.0. The van der Waals surface area contributed by atoms with Gasteiger partial charge in [-0.1, -0.05) is 48.0 Å². The molecule has 27 heavy (non-hydrogen) atoms. The summed E-state index contributed by atoms with van der Waals surface area (Å²) in [4.78, 5) is 0. The first kappa shape index (κ1) is 18.8. The number of hydrogen-bond acceptors (Lipinski definition) is 5. The predicted octanol–water partition coefficient (Wildman–Crippen LogP) is 3.90. The molecule has 0 aliphatic carbocycles. The van der Waals surface area contributed by atoms with Crippen LogP contribution >= 0.6 is 0 Å². The van der Waals surface area contributed by atoms with Crippen LogP contribution in [0.1, 0.15) is 17.5 Å². The van der Waals surface area contributed by atoms with Crippen molar-refractivity contribution in [3.63, 3.8) is 0 Å². The highest BCUT2D eigenvalue weighted by molar-refractivity contribution is 7.92. The van der Waals surface area contributed by atoms with Gasteiger partial charge in [-0.05, 0) is 49.6 Å². The molecule has 0 radical (unpaired) electrons. The summed E-state index contributed by atoms with van der Waals surface area (Å²) >= 11 is 0. The summed E-state index contributed by atoms with van der Waals surface area (Å²) in [6.45, 7) is 2.02. The highest BCUT2D eigenvalue weighted by Crippen LogP contribution is 2.16. The molecule has 2 N–H and O–H groups in total. The van der Waals surface area contributed by atoms with Crippen LogP contribution in [0.15, 0.2) is 66.7 Å². The molecule has 0 unspecified atom stereocenters. The number of sulfonamides is 1. The number of anilines is 3. The number of rotatable bonds is 8. The number of nitrogens with one attached hydrogen (secondary N) is 2. The second-order valence-corrected chi connectivity index (χ2v) is 8.15. The monoisotopic (exact) mass is 382 g/mol. The van der Waals surface area contributed by atoms with Gasteiger partial charge in [0.25, 0.3) is 0 Å². The summed E-state index contributed by atoms with van der Waals surface area (Å²) in [5.41, 5.74) is 3.19. The molecule has 7 heteroatoms. The van der Waals surface area contributed by atoms with Crippen LogP contribution in [0, 0.1) is 6.92 Å². The quantitative estimate of drug-likeness (QED) is 0.617. The summed E-state index contributed by atoms with van der Waals surface area (Å²) in [5.74, 6) is 0.794. The fourth-order valence-corrected chi connectivity index (χ4v) is 3.61. The van der Waals surface area contributed by atoms with E-state index in [9.17, 15) is 8.42 Å². The van der Waals surface area contributed by atoms with Crippen molar-refractivity contribution in [1.82, 2.24) is 10.2 Å². The Balaban J connectivity index is 1.52. The largest absolute Gasteiger partial charge is 0.339 e. The third kappa shape index (κ3) is 6.07. The number of aromatic nitrogens is 2. The van der Waals surface area contributed by atoms with E-state index >= 15 is 0 Å². The van der Waals surface area contributed by atoms with E-state index < -0.39 is 10.0 Å². The standard InChI is InChI=1S/C20H22N4O2S/c1-16-9-11-18(12-10-16)21-19-13-14-20(23-22-19)24-27(25,26)15-5-8-17-6-3-2-4-7-17/h2-4,6-7,9-14H,5,8,15H2,1H3,(H,21,22)(H,23,24). The molecular weight excluding hydrogens is 360 g/mol. The Kier molecular flexibility index (Phi) is 6.03. The Morgan fingerprint density at radius 1 is 0.852 bits per heavy atom. The Hall–Kier alpha value is -2.93. The molecule has 0 fully saturated rings. The average Bonchev–Trinajstić information content (AvgIpc) is 2.66. The zero-order valence-electron chi connectivity index (χ0n) is 15.1. The van der Waals surface area contributed by atoms with Crippen molar-refractivity contribution < 1.29 is 8.42 Å². The number of aryl methyl sites for hydroxylation is 2. The van der Waals surface area contributed by atoms with Crippen LogP contribution in [-0.4, -0.2) is 24.4 Å². The van der Waals surface area contributed by atoms with E-state index in [1.165, 1.54) is 5.56 Å². The molecule has 0 saturated carbocycles. The second kappa shape index (κ2) is 8.64. The van der Waals surface area contributed by atoms with Gasteiger partial charge in [-0.15, -0.1) is 10.2 Å². The van der Waals surface area contributed by atoms with E-state index in [1.54, 1.807) is 12.1 Å². The maximum absolute atomic E-state index is 12.2. The summed E-state index contributed by atoms with van der Waals surface area (Å²) in [5, 5.41) is 11.1. The maximum atomic E-state index is 12.2. The van der Waals surface area contributed by atoms with E-state index in [-0.39, 0.29) is 11.6 Å². The van der Waals surface area contributed by atoms with Crippen molar-refractivity contribution in [3.8, 4) is 0 Å². The third-order valence-electron chi connectivity index (χ3n) is 3.97. The Labute approximate surface area is 159 Å². The molecule has 0 amide bonds. The Morgan fingerprint density at radius 2 is 1.52 bits per heavy atom. The number of hydrogen-bond donors (Lipinski definition) is 2. The molecule has 140 valence electrons. The molecule has 0 bridgehead atoms. The lowest BCUT2D eigenvalue weighted by Crippen LogP contribution is -2.18. The lowest BCUT2D eigenvalue weighted by Gasteiger charge is -2.08. The highest BCUT2D eigenvalue weighted by Gasteiger charge is 2.11. The molecule has 0 aliphatic heterocycles. The van der Waals surface area contributed by atoms with Crippen molar-refractivity contribution in [2.75, 3.05) is 15.8 Å². The van der Waals surface area contributed by atoms with Gasteiger partial charge in [-0.2, -0.15) is 0 Å². The molecule has 6 nitrogen and oxygen atoms in total. The first-order valence-electron chi connectivity index (χ1n) is 8.72. The van der Waals surface area contributed by atoms with E-state index in [0.717, 1.165) is 11.3 Å². The first-order valence-corrected chi connectivity index (χ1v) is 10.4. The topological polar surface area (TPSA) is 84.0 Å². The van der Waals surface area contributed by atoms with Crippen LogP contribution in [0.4, 0.5) is 17.3 Å². The summed E-state index contributed by atoms with van der Waals surface area (Å²) in [7, 11) is -3.45. The minimum absolute atomic E-state index is 0.0347. The zero-order valence-corrected chi connectivity index (χ0v) is 15.9. The van der Waals surface area contributed by atoms with Crippen LogP contribution in [0.5, 0.6) is 0 Å². The zero-order chi connectivity index (χ0) is 19.1. The van der Waals surface area contributed by atoms with Crippen molar-refractivity contribution in [3.05, 3.63) is 77.9 Å². The molecule has 2 aromatic carbocycles. The van der Waals surface area contributed by atoms with Crippen molar-refractivity contribution in [1.29, 1.82) is 0 Å². The van der Waals surface area contributed by atoms with E-state index in [4.69, 9.17) is 0 Å². The van der Waals surface area contributed by atoms with Gasteiger partial charge in [0.05, 0.1) is 5.75 Å². The van der Waals surface area contributed by atoms with Crippen LogP contribution in [0.3, 0.4) is 0 Å². The predicted molar refractivity (Wildman–Crippen MR) is 109 cm³/mol. The van der Waals surface area contributed by atoms with Crippen LogP contribution < -0.4 is 10.0 Å². The number of benzene rings is 2. The molecule has 3 aromatic rings. The van der Waals surface area contributed by atoms with Gasteiger partial charge in [-0.25, -0.2) is 8.42 Å². The normalized spacial score (nSPS) is 11.1. The van der Waals surface area contributed by atoms with E-state index in [0.29, 0.717) is 18.7 Å². The molecule has 0 saturated heterocycles. The smallest absolute Gasteiger partial charge is 0.233 e. The van der Waals surface area contributed by atoms with E-state index in [2.05, 4.69) is 20.2 Å². The molecule has 1 aromatic heterocycles. The van der Waals surface area contributed by atoms with Gasteiger partial charge in [-0.3, -0.25) is 4.72 Å². The van der Waals surface area contributed by atoms with Gasteiger partial charge in [0.1, 0.15) is 0 Å². The van der Waals surface area contributed by atoms with Gasteiger partial charge in [0, 0.05) is 5.69 Å². The van der Waals surface area contributed by atoms with Crippen molar-refractivity contribution >= 4 is 27.3 Å². The minimum atomic E-state index is -3.45.